The van der Waals surface area contributed by atoms with Gasteiger partial charge in [0.1, 0.15) is 0 Å². The van der Waals surface area contributed by atoms with Gasteiger partial charge in [0.15, 0.2) is 11.6 Å². The number of hydrogen-bond acceptors (Lipinski definition) is 4. The Balaban J connectivity index is 1.15. The van der Waals surface area contributed by atoms with E-state index in [2.05, 4.69) is 71.3 Å². The minimum Gasteiger partial charge on any atom is -0.307 e. The molecular formula is C37H42N2O2. The van der Waals surface area contributed by atoms with Crippen molar-refractivity contribution < 1.29 is 9.59 Å². The maximum Gasteiger partial charge on any atom is 0.154 e. The summed E-state index contributed by atoms with van der Waals surface area (Å²) >= 11 is 0. The molecule has 3 fully saturated rings. The summed E-state index contributed by atoms with van der Waals surface area (Å²) in [6.07, 6.45) is 12.8. The monoisotopic (exact) mass is 546 g/mol. The zero-order valence-electron chi connectivity index (χ0n) is 24.1. The van der Waals surface area contributed by atoms with Crippen LogP contribution in [0, 0.1) is 5.41 Å². The summed E-state index contributed by atoms with van der Waals surface area (Å²) in [7, 11) is 0. The van der Waals surface area contributed by atoms with Crippen molar-refractivity contribution in [3.63, 3.8) is 0 Å². The molecule has 4 heteroatoms. The van der Waals surface area contributed by atoms with Gasteiger partial charge in [-0.1, -0.05) is 73.5 Å². The van der Waals surface area contributed by atoms with Crippen LogP contribution in [0.2, 0.25) is 0 Å². The van der Waals surface area contributed by atoms with Gasteiger partial charge in [0.2, 0.25) is 0 Å². The highest BCUT2D eigenvalue weighted by atomic mass is 16.1. The Morgan fingerprint density at radius 1 is 0.610 bits per heavy atom. The van der Waals surface area contributed by atoms with Crippen molar-refractivity contribution in [3.8, 4) is 22.3 Å². The van der Waals surface area contributed by atoms with Crippen LogP contribution >= 0.6 is 0 Å². The van der Waals surface area contributed by atoms with E-state index in [1.807, 2.05) is 0 Å². The van der Waals surface area contributed by atoms with Gasteiger partial charge in [-0.2, -0.15) is 0 Å². The zero-order chi connectivity index (χ0) is 27.8. The normalized spacial score (nSPS) is 22.8. The number of Topliss-reactive ketones (excluding diaryl/α,β-unsaturated/α-hetero) is 2. The molecule has 0 unspecified atom stereocenters. The number of fused-ring (bicyclic) bond motifs is 1. The molecule has 0 radical (unpaired) electrons. The maximum atomic E-state index is 12.7. The Morgan fingerprint density at radius 2 is 1.05 bits per heavy atom. The fourth-order valence-corrected chi connectivity index (χ4v) is 8.10. The summed E-state index contributed by atoms with van der Waals surface area (Å²) in [6, 6.07) is 22.3. The van der Waals surface area contributed by atoms with Gasteiger partial charge in [-0.15, -0.1) is 0 Å². The minimum absolute atomic E-state index is 0.0342. The lowest BCUT2D eigenvalue weighted by molar-refractivity contribution is -0.120. The second-order valence-electron chi connectivity index (χ2n) is 13.2. The van der Waals surface area contributed by atoms with E-state index in [0.717, 1.165) is 49.9 Å². The van der Waals surface area contributed by atoms with Gasteiger partial charge in [0.05, 0.1) is 12.1 Å². The lowest BCUT2D eigenvalue weighted by atomic mass is 9.82. The molecule has 4 aliphatic rings. The van der Waals surface area contributed by atoms with Crippen molar-refractivity contribution in [2.24, 2.45) is 5.41 Å². The lowest BCUT2D eigenvalue weighted by Gasteiger charge is -2.22. The van der Waals surface area contributed by atoms with Gasteiger partial charge in [0.25, 0.3) is 0 Å². The smallest absolute Gasteiger partial charge is 0.154 e. The summed E-state index contributed by atoms with van der Waals surface area (Å²) in [5, 5.41) is 6.68. The molecule has 2 aliphatic heterocycles. The van der Waals surface area contributed by atoms with Crippen LogP contribution in [-0.2, 0) is 35.3 Å². The van der Waals surface area contributed by atoms with Crippen LogP contribution in [0.15, 0.2) is 60.7 Å². The van der Waals surface area contributed by atoms with E-state index in [-0.39, 0.29) is 12.1 Å². The largest absolute Gasteiger partial charge is 0.307 e. The van der Waals surface area contributed by atoms with Gasteiger partial charge < -0.3 is 10.6 Å². The van der Waals surface area contributed by atoms with Crippen molar-refractivity contribution in [3.05, 3.63) is 82.9 Å². The predicted molar refractivity (Wildman–Crippen MR) is 165 cm³/mol. The van der Waals surface area contributed by atoms with Crippen molar-refractivity contribution in [2.75, 3.05) is 13.1 Å². The van der Waals surface area contributed by atoms with Crippen molar-refractivity contribution >= 4 is 11.6 Å². The molecule has 3 aromatic rings. The number of carbonyl (C=O) groups excluding carboxylic acids is 2. The van der Waals surface area contributed by atoms with Crippen LogP contribution in [0.5, 0.6) is 0 Å². The molecule has 2 N–H and O–H groups in total. The molecule has 2 saturated heterocycles. The molecule has 2 aliphatic carbocycles. The summed E-state index contributed by atoms with van der Waals surface area (Å²) < 4.78 is 0. The Kier molecular flexibility index (Phi) is 7.39. The van der Waals surface area contributed by atoms with Gasteiger partial charge >= 0.3 is 0 Å². The third-order valence-electron chi connectivity index (χ3n) is 10.4. The summed E-state index contributed by atoms with van der Waals surface area (Å²) in [6.45, 7) is 1.92. The minimum atomic E-state index is 0.0342. The van der Waals surface area contributed by atoms with Crippen LogP contribution in [0.1, 0.15) is 73.6 Å². The molecule has 41 heavy (non-hydrogen) atoms. The molecule has 1 spiro atoms. The van der Waals surface area contributed by atoms with Crippen molar-refractivity contribution in [2.45, 2.75) is 89.1 Å². The first-order valence-corrected chi connectivity index (χ1v) is 15.9. The molecule has 1 saturated carbocycles. The summed E-state index contributed by atoms with van der Waals surface area (Å²) in [5.41, 5.74) is 10.9. The average Bonchev–Trinajstić information content (AvgIpc) is 3.82. The van der Waals surface area contributed by atoms with Crippen LogP contribution in [0.3, 0.4) is 0 Å². The topological polar surface area (TPSA) is 58.2 Å². The van der Waals surface area contributed by atoms with E-state index < -0.39 is 0 Å². The number of ketones is 2. The van der Waals surface area contributed by atoms with Crippen LogP contribution in [0.4, 0.5) is 0 Å². The first kappa shape index (κ1) is 26.8. The molecule has 0 aromatic heterocycles. The van der Waals surface area contributed by atoms with Crippen LogP contribution < -0.4 is 10.6 Å². The number of rotatable bonds is 8. The Hall–Kier alpha value is -3.08. The standard InChI is InChI=1S/C37H42N2O2/c40-35(33-5-3-19-38-33)21-25-7-11-27(12-8-25)29-15-16-30(32-24-37(23-31(29)32)17-1-2-18-37)28-13-9-26(10-14-28)22-36(41)34-6-4-20-39-34/h7-16,33-34,38-39H,1-6,17-24H2/t33-,34-/m0/s1. The van der Waals surface area contributed by atoms with E-state index in [1.165, 1.54) is 71.9 Å². The molecule has 2 atom stereocenters. The summed E-state index contributed by atoms with van der Waals surface area (Å²) in [5.74, 6) is 0.628. The average molecular weight is 547 g/mol. The Morgan fingerprint density at radius 3 is 1.44 bits per heavy atom. The van der Waals surface area contributed by atoms with Crippen molar-refractivity contribution in [1.82, 2.24) is 10.6 Å². The predicted octanol–water partition coefficient (Wildman–Crippen LogP) is 6.41. The van der Waals surface area contributed by atoms with Gasteiger partial charge in [-0.25, -0.2) is 0 Å². The van der Waals surface area contributed by atoms with Crippen LogP contribution in [-0.4, -0.2) is 36.7 Å². The second kappa shape index (κ2) is 11.3. The zero-order valence-corrected chi connectivity index (χ0v) is 24.1. The molecule has 212 valence electrons. The quantitative estimate of drug-likeness (QED) is 0.343. The van der Waals surface area contributed by atoms with Crippen molar-refractivity contribution in [1.29, 1.82) is 0 Å². The fourth-order valence-electron chi connectivity index (χ4n) is 8.10. The molecule has 0 bridgehead atoms. The lowest BCUT2D eigenvalue weighted by Crippen LogP contribution is -2.31. The Labute approximate surface area is 244 Å². The third kappa shape index (κ3) is 5.45. The van der Waals surface area contributed by atoms with E-state index >= 15 is 0 Å². The Bertz CT molecular complexity index is 1320. The SMILES string of the molecule is O=C(Cc1ccc(-c2ccc(-c3ccc(CC(=O)[C@@H]4CCCN4)cc3)c3c2CC2(CCCC2)C3)cc1)[C@@H]1CCCN1. The van der Waals surface area contributed by atoms with E-state index in [0.29, 0.717) is 29.8 Å². The molecule has 4 nitrogen and oxygen atoms in total. The number of nitrogens with one attached hydrogen (secondary N) is 2. The van der Waals surface area contributed by atoms with E-state index in [1.54, 1.807) is 0 Å². The molecular weight excluding hydrogens is 504 g/mol. The highest BCUT2D eigenvalue weighted by Crippen LogP contribution is 2.53. The number of hydrogen-bond donors (Lipinski definition) is 2. The fraction of sp³-hybridized carbons (Fsp3) is 0.459. The van der Waals surface area contributed by atoms with Gasteiger partial charge in [-0.3, -0.25) is 9.59 Å². The van der Waals surface area contributed by atoms with Gasteiger partial charge in [-0.05, 0) is 114 Å². The number of carbonyl (C=O) groups is 2. The molecule has 0 amide bonds. The highest BCUT2D eigenvalue weighted by molar-refractivity contribution is 5.87. The first-order chi connectivity index (χ1) is 20.1. The van der Waals surface area contributed by atoms with E-state index in [9.17, 15) is 9.59 Å². The van der Waals surface area contributed by atoms with Crippen LogP contribution in [0.25, 0.3) is 22.3 Å². The summed E-state index contributed by atoms with van der Waals surface area (Å²) in [4.78, 5) is 25.4. The molecule has 7 rings (SSSR count). The molecule has 2 heterocycles. The number of benzene rings is 3. The maximum absolute atomic E-state index is 12.7. The third-order valence-corrected chi connectivity index (χ3v) is 10.4. The molecule has 3 aromatic carbocycles. The highest BCUT2D eigenvalue weighted by Gasteiger charge is 2.41. The first-order valence-electron chi connectivity index (χ1n) is 15.9. The van der Waals surface area contributed by atoms with E-state index in [4.69, 9.17) is 0 Å². The second-order valence-corrected chi connectivity index (χ2v) is 13.2. The van der Waals surface area contributed by atoms with Gasteiger partial charge in [0, 0.05) is 12.8 Å².